The van der Waals surface area contributed by atoms with Crippen LogP contribution in [0.5, 0.6) is 0 Å². The van der Waals surface area contributed by atoms with Gasteiger partial charge in [-0.2, -0.15) is 0 Å². The molecule has 104 valence electrons. The van der Waals surface area contributed by atoms with E-state index in [-0.39, 0.29) is 12.4 Å². The molecule has 0 unspecified atom stereocenters. The van der Waals surface area contributed by atoms with Gasteiger partial charge in [-0.25, -0.2) is 4.98 Å². The lowest BCUT2D eigenvalue weighted by Crippen LogP contribution is -2.33. The Morgan fingerprint density at radius 2 is 1.89 bits per heavy atom. The molecular formula is C15H22ClN3. The molecule has 0 saturated carbocycles. The Hall–Kier alpha value is -1.06. The molecule has 0 radical (unpaired) electrons. The van der Waals surface area contributed by atoms with E-state index >= 15 is 0 Å². The van der Waals surface area contributed by atoms with Gasteiger partial charge in [0.2, 0.25) is 0 Å². The summed E-state index contributed by atoms with van der Waals surface area (Å²) in [5.41, 5.74) is 2.35. The number of rotatable bonds is 2. The molecule has 1 aliphatic heterocycles. The fraction of sp³-hybridized carbons (Fsp3) is 0.533. The van der Waals surface area contributed by atoms with Crippen LogP contribution in [-0.2, 0) is 13.6 Å². The lowest BCUT2D eigenvalue weighted by Gasteiger charge is -2.29. The van der Waals surface area contributed by atoms with Crippen LogP contribution in [0.4, 0.5) is 0 Å². The highest BCUT2D eigenvalue weighted by molar-refractivity contribution is 5.85. The molecule has 3 nitrogen and oxygen atoms in total. The molecule has 0 aliphatic carbocycles. The number of hydrogen-bond donors (Lipinski definition) is 0. The molecule has 3 rings (SSSR count). The maximum absolute atomic E-state index is 4.75. The molecule has 1 aromatic carbocycles. The number of halogens is 1. The van der Waals surface area contributed by atoms with E-state index in [1.807, 2.05) is 0 Å². The quantitative estimate of drug-likeness (QED) is 0.842. The van der Waals surface area contributed by atoms with Crippen molar-refractivity contribution in [2.45, 2.75) is 26.3 Å². The van der Waals surface area contributed by atoms with Crippen LogP contribution in [0.1, 0.15) is 25.6 Å². The first kappa shape index (κ1) is 14.4. The Balaban J connectivity index is 0.00000133. The van der Waals surface area contributed by atoms with Crippen molar-refractivity contribution in [2.24, 2.45) is 13.0 Å². The number of fused-ring (bicyclic) bond motifs is 1. The summed E-state index contributed by atoms with van der Waals surface area (Å²) in [7, 11) is 2.12. The number of likely N-dealkylation sites (tertiary alicyclic amines) is 1. The first-order chi connectivity index (χ1) is 8.74. The number of imidazole rings is 1. The van der Waals surface area contributed by atoms with Crippen molar-refractivity contribution < 1.29 is 0 Å². The molecule has 1 fully saturated rings. The van der Waals surface area contributed by atoms with Crippen molar-refractivity contribution >= 4 is 23.4 Å². The fourth-order valence-electron chi connectivity index (χ4n) is 2.76. The predicted molar refractivity (Wildman–Crippen MR) is 81.6 cm³/mol. The predicted octanol–water partition coefficient (Wildman–Crippen LogP) is 3.23. The van der Waals surface area contributed by atoms with Crippen molar-refractivity contribution in [3.05, 3.63) is 30.1 Å². The number of piperidine rings is 1. The minimum Gasteiger partial charge on any atom is -0.330 e. The zero-order chi connectivity index (χ0) is 12.5. The van der Waals surface area contributed by atoms with Gasteiger partial charge in [-0.15, -0.1) is 12.4 Å². The molecule has 1 saturated heterocycles. The highest BCUT2D eigenvalue weighted by Gasteiger charge is 2.17. The lowest BCUT2D eigenvalue weighted by atomic mass is 9.99. The summed E-state index contributed by atoms with van der Waals surface area (Å²) in [6.07, 6.45) is 2.65. The Kier molecular flexibility index (Phi) is 4.48. The van der Waals surface area contributed by atoms with Gasteiger partial charge in [-0.05, 0) is 44.0 Å². The van der Waals surface area contributed by atoms with Crippen LogP contribution in [0.15, 0.2) is 24.3 Å². The van der Waals surface area contributed by atoms with Crippen LogP contribution >= 0.6 is 12.4 Å². The van der Waals surface area contributed by atoms with Gasteiger partial charge in [0.1, 0.15) is 5.82 Å². The second kappa shape index (κ2) is 5.93. The summed E-state index contributed by atoms with van der Waals surface area (Å²) in [6, 6.07) is 8.37. The monoisotopic (exact) mass is 279 g/mol. The second-order valence-corrected chi connectivity index (χ2v) is 5.53. The van der Waals surface area contributed by atoms with E-state index in [1.165, 1.54) is 37.3 Å². The van der Waals surface area contributed by atoms with Crippen molar-refractivity contribution in [1.82, 2.24) is 14.5 Å². The van der Waals surface area contributed by atoms with Gasteiger partial charge in [0.25, 0.3) is 0 Å². The number of nitrogens with zero attached hydrogens (tertiary/aromatic N) is 3. The van der Waals surface area contributed by atoms with Gasteiger partial charge in [0, 0.05) is 7.05 Å². The average Bonchev–Trinajstić information content (AvgIpc) is 2.70. The third-order valence-electron chi connectivity index (χ3n) is 4.12. The van der Waals surface area contributed by atoms with Crippen molar-refractivity contribution in [2.75, 3.05) is 13.1 Å². The van der Waals surface area contributed by atoms with Crippen LogP contribution in [0, 0.1) is 5.92 Å². The number of aromatic nitrogens is 2. The third kappa shape index (κ3) is 2.93. The van der Waals surface area contributed by atoms with Crippen LogP contribution < -0.4 is 0 Å². The molecule has 4 heteroatoms. The number of benzene rings is 1. The highest BCUT2D eigenvalue weighted by Crippen LogP contribution is 2.20. The van der Waals surface area contributed by atoms with Gasteiger partial charge in [-0.3, -0.25) is 4.90 Å². The molecule has 2 aromatic rings. The van der Waals surface area contributed by atoms with E-state index < -0.39 is 0 Å². The van der Waals surface area contributed by atoms with Gasteiger partial charge in [-0.1, -0.05) is 19.1 Å². The van der Waals surface area contributed by atoms with E-state index in [4.69, 9.17) is 4.98 Å². The number of aryl methyl sites for hydroxylation is 1. The molecule has 2 heterocycles. The zero-order valence-electron chi connectivity index (χ0n) is 11.7. The molecule has 1 aliphatic rings. The summed E-state index contributed by atoms with van der Waals surface area (Å²) in [5.74, 6) is 2.08. The summed E-state index contributed by atoms with van der Waals surface area (Å²) in [6.45, 7) is 5.76. The zero-order valence-corrected chi connectivity index (χ0v) is 12.5. The van der Waals surface area contributed by atoms with Crippen LogP contribution in [0.2, 0.25) is 0 Å². The molecule has 19 heavy (non-hydrogen) atoms. The molecule has 0 amide bonds. The smallest absolute Gasteiger partial charge is 0.123 e. The number of hydrogen-bond acceptors (Lipinski definition) is 2. The fourth-order valence-corrected chi connectivity index (χ4v) is 2.76. The minimum atomic E-state index is 0. The van der Waals surface area contributed by atoms with Crippen molar-refractivity contribution in [3.8, 4) is 0 Å². The third-order valence-corrected chi connectivity index (χ3v) is 4.12. The van der Waals surface area contributed by atoms with Gasteiger partial charge in [0.05, 0.1) is 17.6 Å². The first-order valence-corrected chi connectivity index (χ1v) is 6.87. The Morgan fingerprint density at radius 1 is 1.21 bits per heavy atom. The molecule has 1 aromatic heterocycles. The van der Waals surface area contributed by atoms with E-state index in [0.717, 1.165) is 18.0 Å². The summed E-state index contributed by atoms with van der Waals surface area (Å²) in [5, 5.41) is 0. The van der Waals surface area contributed by atoms with E-state index in [1.54, 1.807) is 0 Å². The Labute approximate surface area is 121 Å². The van der Waals surface area contributed by atoms with E-state index in [0.29, 0.717) is 0 Å². The number of para-hydroxylation sites is 2. The van der Waals surface area contributed by atoms with Crippen LogP contribution in [0.25, 0.3) is 11.0 Å². The Bertz CT molecular complexity index is 541. The summed E-state index contributed by atoms with van der Waals surface area (Å²) < 4.78 is 2.23. The van der Waals surface area contributed by atoms with Crippen molar-refractivity contribution in [3.63, 3.8) is 0 Å². The van der Waals surface area contributed by atoms with Crippen molar-refractivity contribution in [1.29, 1.82) is 0 Å². The molecular weight excluding hydrogens is 258 g/mol. The maximum Gasteiger partial charge on any atom is 0.123 e. The van der Waals surface area contributed by atoms with Gasteiger partial charge < -0.3 is 4.57 Å². The SMILES string of the molecule is CC1CCN(Cc2nc3ccccc3n2C)CC1.Cl. The lowest BCUT2D eigenvalue weighted by molar-refractivity contribution is 0.180. The second-order valence-electron chi connectivity index (χ2n) is 5.53. The van der Waals surface area contributed by atoms with E-state index in [2.05, 4.69) is 47.7 Å². The normalized spacial score (nSPS) is 17.6. The topological polar surface area (TPSA) is 21.1 Å². The summed E-state index contributed by atoms with van der Waals surface area (Å²) >= 11 is 0. The minimum absolute atomic E-state index is 0. The van der Waals surface area contributed by atoms with E-state index in [9.17, 15) is 0 Å². The highest BCUT2D eigenvalue weighted by atomic mass is 35.5. The largest absolute Gasteiger partial charge is 0.330 e. The van der Waals surface area contributed by atoms with Gasteiger partial charge >= 0.3 is 0 Å². The molecule has 0 bridgehead atoms. The molecule has 0 N–H and O–H groups in total. The maximum atomic E-state index is 4.75. The molecule has 0 atom stereocenters. The van der Waals surface area contributed by atoms with Crippen LogP contribution in [0.3, 0.4) is 0 Å². The van der Waals surface area contributed by atoms with Gasteiger partial charge in [0.15, 0.2) is 0 Å². The standard InChI is InChI=1S/C15H21N3.ClH/c1-12-7-9-18(10-8-12)11-15-16-13-5-3-4-6-14(13)17(15)2;/h3-6,12H,7-11H2,1-2H3;1H. The first-order valence-electron chi connectivity index (χ1n) is 6.87. The Morgan fingerprint density at radius 3 is 2.58 bits per heavy atom. The average molecular weight is 280 g/mol. The van der Waals surface area contributed by atoms with Crippen LogP contribution in [-0.4, -0.2) is 27.5 Å². The summed E-state index contributed by atoms with van der Waals surface area (Å²) in [4.78, 5) is 7.28. The molecule has 0 spiro atoms.